The normalized spacial score (nSPS) is 18.1. The number of hydrogen-bond donors (Lipinski definition) is 0. The van der Waals surface area contributed by atoms with E-state index in [0.29, 0.717) is 0 Å². The smallest absolute Gasteiger partial charge is 0.429 e. The minimum atomic E-state index is -4.61. The Morgan fingerprint density at radius 3 is 2.38 bits per heavy atom. The summed E-state index contributed by atoms with van der Waals surface area (Å²) in [4.78, 5) is 0. The van der Waals surface area contributed by atoms with E-state index >= 15 is 0 Å². The fourth-order valence-electron chi connectivity index (χ4n) is 1.62. The summed E-state index contributed by atoms with van der Waals surface area (Å²) in [6.07, 6.45) is -9.47. The lowest BCUT2D eigenvalue weighted by Crippen LogP contribution is -2.34. The van der Waals surface area contributed by atoms with Gasteiger partial charge in [-0.3, -0.25) is 0 Å². The van der Waals surface area contributed by atoms with E-state index < -0.39 is 25.1 Å². The molecule has 1 heterocycles. The number of fused-ring (bicyclic) bond motifs is 1. The molecular weight excluding hydrogens is 326 g/mol. The van der Waals surface area contributed by atoms with E-state index in [0.717, 1.165) is 24.3 Å². The fourth-order valence-corrected chi connectivity index (χ4v) is 1.88. The van der Waals surface area contributed by atoms with Crippen LogP contribution in [0.15, 0.2) is 18.2 Å². The molecule has 1 atom stereocenters. The lowest BCUT2D eigenvalue weighted by Gasteiger charge is -2.24. The highest BCUT2D eigenvalue weighted by Crippen LogP contribution is 2.40. The zero-order chi connectivity index (χ0) is 15.8. The van der Waals surface area contributed by atoms with Crippen molar-refractivity contribution >= 4 is 17.7 Å². The molecule has 0 amide bonds. The van der Waals surface area contributed by atoms with Gasteiger partial charge in [0.25, 0.3) is 0 Å². The average Bonchev–Trinajstić information content (AvgIpc) is 2.34. The highest BCUT2D eigenvalue weighted by Gasteiger charge is 2.42. The second-order valence-electron chi connectivity index (χ2n) is 4.17. The van der Waals surface area contributed by atoms with Crippen LogP contribution in [-0.2, 0) is 0 Å². The fraction of sp³-hybridized carbons (Fsp3) is 0.333. The highest BCUT2D eigenvalue weighted by atomic mass is 35.5. The molecule has 0 aliphatic carbocycles. The van der Waals surface area contributed by atoms with Crippen molar-refractivity contribution in [1.82, 2.24) is 0 Å². The van der Waals surface area contributed by atoms with Crippen LogP contribution < -0.4 is 9.47 Å². The van der Waals surface area contributed by atoms with E-state index in [1.54, 1.807) is 0 Å². The quantitative estimate of drug-likeness (QED) is 0.736. The van der Waals surface area contributed by atoms with Gasteiger partial charge in [-0.25, -0.2) is 0 Å². The monoisotopic (exact) mass is 332 g/mol. The molecule has 1 aromatic carbocycles. The lowest BCUT2D eigenvalue weighted by molar-refractivity contribution is -0.180. The number of hydrogen-bond acceptors (Lipinski definition) is 2. The van der Waals surface area contributed by atoms with Crippen LogP contribution in [0.25, 0.3) is 6.08 Å². The minimum Gasteiger partial charge on any atom is -0.484 e. The maximum Gasteiger partial charge on any atom is 0.429 e. The number of ether oxygens (including phenoxy) is 2. The molecule has 0 saturated carbocycles. The van der Waals surface area contributed by atoms with Crippen molar-refractivity contribution in [2.24, 2.45) is 0 Å². The van der Waals surface area contributed by atoms with Gasteiger partial charge in [-0.15, -0.1) is 0 Å². The van der Waals surface area contributed by atoms with E-state index in [-0.39, 0.29) is 22.1 Å². The summed E-state index contributed by atoms with van der Waals surface area (Å²) in [5.41, 5.74) is 0.111. The Bertz CT molecular complexity index is 564. The van der Waals surface area contributed by atoms with Crippen LogP contribution in [0.3, 0.4) is 0 Å². The Balaban J connectivity index is 2.23. The Hall–Kier alpha value is -1.57. The first-order valence-corrected chi connectivity index (χ1v) is 5.89. The molecule has 21 heavy (non-hydrogen) atoms. The number of alkyl halides is 6. The maximum absolute atomic E-state index is 12.5. The topological polar surface area (TPSA) is 18.5 Å². The molecule has 9 heteroatoms. The zero-order valence-corrected chi connectivity index (χ0v) is 10.8. The summed E-state index contributed by atoms with van der Waals surface area (Å²) >= 11 is 5.73. The first-order valence-electron chi connectivity index (χ1n) is 5.51. The number of rotatable bonds is 2. The van der Waals surface area contributed by atoms with Crippen LogP contribution in [0.4, 0.5) is 26.3 Å². The van der Waals surface area contributed by atoms with Gasteiger partial charge in [0, 0.05) is 11.6 Å². The predicted molar refractivity (Wildman–Crippen MR) is 62.5 cm³/mol. The van der Waals surface area contributed by atoms with Gasteiger partial charge >= 0.3 is 12.4 Å². The Kier molecular flexibility index (Phi) is 4.01. The predicted octanol–water partition coefficient (Wildman–Crippen LogP) is 4.62. The van der Waals surface area contributed by atoms with Gasteiger partial charge in [-0.05, 0) is 12.1 Å². The van der Waals surface area contributed by atoms with Gasteiger partial charge in [-0.2, -0.15) is 26.3 Å². The average molecular weight is 333 g/mol. The maximum atomic E-state index is 12.5. The molecule has 0 N–H and O–H groups in total. The summed E-state index contributed by atoms with van der Waals surface area (Å²) in [6.45, 7) is -1.53. The third-order valence-corrected chi connectivity index (χ3v) is 2.75. The molecule has 2 nitrogen and oxygen atoms in total. The molecule has 0 radical (unpaired) electrons. The lowest BCUT2D eigenvalue weighted by atomic mass is 10.1. The first-order chi connectivity index (χ1) is 9.56. The third-order valence-electron chi connectivity index (χ3n) is 2.47. The summed E-state index contributed by atoms with van der Waals surface area (Å²) in [6, 6.07) is 2.09. The molecule has 1 unspecified atom stereocenters. The molecule has 0 bridgehead atoms. The SMILES string of the molecule is FC(F)(F)COc1cc(Cl)c2c(c1)C=CC(C(F)(F)F)O2. The molecule has 1 aliphatic rings. The zero-order valence-electron chi connectivity index (χ0n) is 10.1. The second-order valence-corrected chi connectivity index (χ2v) is 4.57. The van der Waals surface area contributed by atoms with Crippen molar-refractivity contribution in [3.8, 4) is 11.5 Å². The molecule has 0 spiro atoms. The number of benzene rings is 1. The van der Waals surface area contributed by atoms with Gasteiger partial charge in [0.2, 0.25) is 6.10 Å². The van der Waals surface area contributed by atoms with Crippen LogP contribution in [0.5, 0.6) is 11.5 Å². The van der Waals surface area contributed by atoms with Crippen molar-refractivity contribution in [3.63, 3.8) is 0 Å². The van der Waals surface area contributed by atoms with Crippen molar-refractivity contribution in [1.29, 1.82) is 0 Å². The second kappa shape index (κ2) is 5.32. The Morgan fingerprint density at radius 2 is 1.81 bits per heavy atom. The van der Waals surface area contributed by atoms with E-state index in [9.17, 15) is 26.3 Å². The largest absolute Gasteiger partial charge is 0.484 e. The van der Waals surface area contributed by atoms with Crippen molar-refractivity contribution in [2.45, 2.75) is 18.5 Å². The van der Waals surface area contributed by atoms with E-state index in [1.165, 1.54) is 0 Å². The molecular formula is C12H7ClF6O2. The summed E-state index contributed by atoms with van der Waals surface area (Å²) < 4.78 is 82.9. The van der Waals surface area contributed by atoms with E-state index in [2.05, 4.69) is 4.74 Å². The Labute approximate surface area is 119 Å². The van der Waals surface area contributed by atoms with Gasteiger partial charge in [0.15, 0.2) is 6.61 Å². The van der Waals surface area contributed by atoms with Crippen LogP contribution >= 0.6 is 11.6 Å². The molecule has 1 aliphatic heterocycles. The van der Waals surface area contributed by atoms with Crippen molar-refractivity contribution in [2.75, 3.05) is 6.61 Å². The van der Waals surface area contributed by atoms with Gasteiger partial charge < -0.3 is 9.47 Å². The van der Waals surface area contributed by atoms with Crippen LogP contribution in [-0.4, -0.2) is 25.1 Å². The summed E-state index contributed by atoms with van der Waals surface area (Å²) in [5, 5.41) is -0.261. The van der Waals surface area contributed by atoms with Crippen molar-refractivity contribution < 1.29 is 35.8 Å². The van der Waals surface area contributed by atoms with Gasteiger partial charge in [-0.1, -0.05) is 17.7 Å². The van der Waals surface area contributed by atoms with Gasteiger partial charge in [0.1, 0.15) is 11.5 Å². The van der Waals surface area contributed by atoms with E-state index in [4.69, 9.17) is 16.3 Å². The van der Waals surface area contributed by atoms with E-state index in [1.807, 2.05) is 0 Å². The third kappa shape index (κ3) is 3.96. The first kappa shape index (κ1) is 15.8. The Morgan fingerprint density at radius 1 is 1.14 bits per heavy atom. The molecule has 116 valence electrons. The van der Waals surface area contributed by atoms with Crippen LogP contribution in [0, 0.1) is 0 Å². The number of halogens is 7. The standard InChI is InChI=1S/C12H7ClF6O2/c13-8-4-7(20-5-11(14,15)16)3-6-1-2-9(12(17,18)19)21-10(6)8/h1-4,9H,5H2. The molecule has 0 fully saturated rings. The summed E-state index contributed by atoms with van der Waals surface area (Å²) in [5.74, 6) is -0.462. The molecule has 0 saturated heterocycles. The summed E-state index contributed by atoms with van der Waals surface area (Å²) in [7, 11) is 0. The van der Waals surface area contributed by atoms with Crippen LogP contribution in [0.2, 0.25) is 5.02 Å². The van der Waals surface area contributed by atoms with Crippen molar-refractivity contribution in [3.05, 3.63) is 28.8 Å². The van der Waals surface area contributed by atoms with Crippen LogP contribution in [0.1, 0.15) is 5.56 Å². The molecule has 2 rings (SSSR count). The minimum absolute atomic E-state index is 0.111. The molecule has 0 aromatic heterocycles. The highest BCUT2D eigenvalue weighted by molar-refractivity contribution is 6.32. The molecule has 1 aromatic rings. The van der Waals surface area contributed by atoms with Gasteiger partial charge in [0.05, 0.1) is 5.02 Å².